The third kappa shape index (κ3) is 7.15. The smallest absolute Gasteiger partial charge is 0.545 e. The summed E-state index contributed by atoms with van der Waals surface area (Å²) in [6, 6.07) is 40.7. The van der Waals surface area contributed by atoms with Gasteiger partial charge < -0.3 is 19.8 Å². The minimum Gasteiger partial charge on any atom is -0.545 e. The van der Waals surface area contributed by atoms with Crippen LogP contribution >= 0.6 is 0 Å². The first-order chi connectivity index (χ1) is 22.4. The molecule has 8 aromatic rings. The van der Waals surface area contributed by atoms with Crippen molar-refractivity contribution in [2.45, 2.75) is 0 Å². The van der Waals surface area contributed by atoms with Gasteiger partial charge in [-0.2, -0.15) is 0 Å². The summed E-state index contributed by atoms with van der Waals surface area (Å²) in [7, 11) is 0. The Morgan fingerprint density at radius 2 is 0.708 bits per heavy atom. The van der Waals surface area contributed by atoms with E-state index in [0.29, 0.717) is 22.8 Å². The molecule has 4 aromatic heterocycles. The molecular weight excluding hydrogens is 622 g/mol. The summed E-state index contributed by atoms with van der Waals surface area (Å²) in [5, 5.41) is 26.6. The zero-order chi connectivity index (χ0) is 31.6. The Labute approximate surface area is 319 Å². The van der Waals surface area contributed by atoms with Crippen molar-refractivity contribution in [2.75, 3.05) is 0 Å². The van der Waals surface area contributed by atoms with Crippen molar-refractivity contribution in [3.05, 3.63) is 145 Å². The normalized spacial score (nSPS) is 10.5. The number of fused-ring (bicyclic) bond motifs is 4. The van der Waals surface area contributed by atoms with Gasteiger partial charge in [0.2, 0.25) is 0 Å². The Bertz CT molecular complexity index is 2300. The minimum atomic E-state index is -1.26. The monoisotopic (exact) mass is 644 g/mol. The van der Waals surface area contributed by atoms with Gasteiger partial charge in [-0.1, -0.05) is 84.9 Å². The van der Waals surface area contributed by atoms with E-state index in [-0.39, 0.29) is 70.2 Å². The van der Waals surface area contributed by atoms with Crippen molar-refractivity contribution in [3.63, 3.8) is 0 Å². The first kappa shape index (κ1) is 34.8. The number of carboxylic acids is 2. The molecule has 8 nitrogen and oxygen atoms in total. The Kier molecular flexibility index (Phi) is 11.0. The van der Waals surface area contributed by atoms with Gasteiger partial charge in [0, 0.05) is 32.7 Å². The molecule has 48 heavy (non-hydrogen) atoms. The van der Waals surface area contributed by atoms with Gasteiger partial charge in [-0.3, -0.25) is 0 Å². The molecule has 0 atom stereocenters. The summed E-state index contributed by atoms with van der Waals surface area (Å²) in [6.45, 7) is 0. The van der Waals surface area contributed by atoms with Gasteiger partial charge in [-0.15, -0.1) is 0 Å². The zero-order valence-corrected chi connectivity index (χ0v) is 30.1. The molecule has 0 saturated heterocycles. The summed E-state index contributed by atoms with van der Waals surface area (Å²) in [4.78, 5) is 41.1. The van der Waals surface area contributed by atoms with Crippen LogP contribution < -0.4 is 69.3 Å². The van der Waals surface area contributed by atoms with Crippen molar-refractivity contribution >= 4 is 55.6 Å². The number of para-hydroxylation sites is 4. The van der Waals surface area contributed by atoms with Crippen LogP contribution in [0.15, 0.2) is 133 Å². The average molecular weight is 645 g/mol. The molecule has 0 amide bonds. The summed E-state index contributed by atoms with van der Waals surface area (Å²) in [5.74, 6) is -2.51. The molecule has 8 rings (SSSR count). The SMILES string of the molecule is O=C([O-])c1cc2ccccc2nc1-c1ccc2ccccc2n1.O=C([O-])c1cc2ccccc2nc1-c1ccc2ccccc2n1.[Na+].[Na+]. The van der Waals surface area contributed by atoms with E-state index in [1.165, 1.54) is 0 Å². The standard InChI is InChI=1S/2C19H12N2O2.2Na/c2*22-19(23)14-11-13-6-2-4-8-16(13)21-18(14)17-10-9-12-5-1-3-7-15(12)20-17;;/h2*1-11H,(H,22,23);;/q;;2*+1/p-2. The van der Waals surface area contributed by atoms with Crippen molar-refractivity contribution in [2.24, 2.45) is 0 Å². The number of pyridine rings is 4. The first-order valence-corrected chi connectivity index (χ1v) is 14.4. The molecule has 10 heteroatoms. The van der Waals surface area contributed by atoms with E-state index >= 15 is 0 Å². The van der Waals surface area contributed by atoms with E-state index < -0.39 is 11.9 Å². The topological polar surface area (TPSA) is 132 Å². The third-order valence-electron chi connectivity index (χ3n) is 7.57. The second-order valence-corrected chi connectivity index (χ2v) is 10.5. The molecule has 0 N–H and O–H groups in total. The number of nitrogens with zero attached hydrogens (tertiary/aromatic N) is 4. The van der Waals surface area contributed by atoms with E-state index in [2.05, 4.69) is 19.9 Å². The van der Waals surface area contributed by atoms with Crippen molar-refractivity contribution in [1.82, 2.24) is 19.9 Å². The van der Waals surface area contributed by atoms with E-state index in [0.717, 1.165) is 43.6 Å². The van der Waals surface area contributed by atoms with E-state index in [4.69, 9.17) is 0 Å². The fraction of sp³-hybridized carbons (Fsp3) is 0. The maximum Gasteiger partial charge on any atom is 1.00 e. The van der Waals surface area contributed by atoms with Crippen molar-refractivity contribution in [3.8, 4) is 22.8 Å². The molecule has 0 bridgehead atoms. The van der Waals surface area contributed by atoms with Gasteiger partial charge in [-0.05, 0) is 48.5 Å². The van der Waals surface area contributed by atoms with Crippen LogP contribution in [0.1, 0.15) is 20.7 Å². The molecular formula is C38H22N4Na2O4. The van der Waals surface area contributed by atoms with Crippen LogP contribution in [0.2, 0.25) is 0 Å². The molecule has 0 aliphatic heterocycles. The molecule has 220 valence electrons. The number of hydrogen-bond acceptors (Lipinski definition) is 8. The van der Waals surface area contributed by atoms with Crippen LogP contribution in [-0.4, -0.2) is 31.9 Å². The van der Waals surface area contributed by atoms with E-state index in [9.17, 15) is 19.8 Å². The molecule has 0 saturated carbocycles. The number of carbonyl (C=O) groups excluding carboxylic acids is 2. The Morgan fingerprint density at radius 3 is 1.06 bits per heavy atom. The number of rotatable bonds is 4. The van der Waals surface area contributed by atoms with Crippen LogP contribution in [0.4, 0.5) is 0 Å². The summed E-state index contributed by atoms with van der Waals surface area (Å²) < 4.78 is 0. The quantitative estimate of drug-likeness (QED) is 0.238. The molecule has 0 unspecified atom stereocenters. The first-order valence-electron chi connectivity index (χ1n) is 14.4. The Morgan fingerprint density at radius 1 is 0.396 bits per heavy atom. The second kappa shape index (κ2) is 15.1. The fourth-order valence-corrected chi connectivity index (χ4v) is 5.33. The zero-order valence-electron chi connectivity index (χ0n) is 26.1. The number of carbonyl (C=O) groups is 2. The van der Waals surface area contributed by atoms with Gasteiger partial charge in [0.25, 0.3) is 0 Å². The van der Waals surface area contributed by atoms with Gasteiger partial charge in [0.1, 0.15) is 0 Å². The maximum absolute atomic E-state index is 11.5. The Hall–Kier alpha value is -4.54. The third-order valence-corrected chi connectivity index (χ3v) is 7.57. The Balaban J connectivity index is 0.000000180. The second-order valence-electron chi connectivity index (χ2n) is 10.5. The molecule has 4 aromatic carbocycles. The summed E-state index contributed by atoms with van der Waals surface area (Å²) in [6.07, 6.45) is 0. The number of carboxylic acid groups (broad SMARTS) is 2. The van der Waals surface area contributed by atoms with Gasteiger partial charge in [-0.25, -0.2) is 19.9 Å². The molecule has 0 radical (unpaired) electrons. The molecule has 4 heterocycles. The summed E-state index contributed by atoms with van der Waals surface area (Å²) in [5.41, 5.74) is 4.84. The summed E-state index contributed by atoms with van der Waals surface area (Å²) >= 11 is 0. The van der Waals surface area contributed by atoms with Gasteiger partial charge in [0.05, 0.1) is 56.8 Å². The van der Waals surface area contributed by atoms with Crippen LogP contribution in [0.3, 0.4) is 0 Å². The van der Waals surface area contributed by atoms with Crippen LogP contribution in [-0.2, 0) is 0 Å². The van der Waals surface area contributed by atoms with Gasteiger partial charge in [0.15, 0.2) is 0 Å². The molecule has 0 aliphatic rings. The maximum atomic E-state index is 11.5. The largest absolute Gasteiger partial charge is 1.00 e. The van der Waals surface area contributed by atoms with Crippen LogP contribution in [0.25, 0.3) is 66.4 Å². The molecule has 0 spiro atoms. The molecule has 0 fully saturated rings. The van der Waals surface area contributed by atoms with E-state index in [1.807, 2.05) is 109 Å². The predicted octanol–water partition coefficient (Wildman–Crippen LogP) is -0.365. The van der Waals surface area contributed by atoms with Gasteiger partial charge >= 0.3 is 59.1 Å². The minimum absolute atomic E-state index is 0. The predicted molar refractivity (Wildman–Crippen MR) is 174 cm³/mol. The van der Waals surface area contributed by atoms with Crippen LogP contribution in [0.5, 0.6) is 0 Å². The number of hydrogen-bond donors (Lipinski definition) is 0. The van der Waals surface area contributed by atoms with E-state index in [1.54, 1.807) is 24.3 Å². The number of aromatic carboxylic acids is 2. The fourth-order valence-electron chi connectivity index (χ4n) is 5.33. The average Bonchev–Trinajstić information content (AvgIpc) is 3.10. The number of benzene rings is 4. The van der Waals surface area contributed by atoms with Crippen molar-refractivity contribution < 1.29 is 78.9 Å². The number of aromatic nitrogens is 4. The molecule has 0 aliphatic carbocycles. The van der Waals surface area contributed by atoms with Crippen LogP contribution in [0, 0.1) is 0 Å². The van der Waals surface area contributed by atoms with Crippen molar-refractivity contribution in [1.29, 1.82) is 0 Å².